The number of nitrogens with two attached hydrogens (primary N) is 1. The molecule has 22 heavy (non-hydrogen) atoms. The highest BCUT2D eigenvalue weighted by molar-refractivity contribution is 7.99. The maximum Gasteiger partial charge on any atom is 0.509 e. The number of fused-ring (bicyclic) bond motifs is 3. The smallest absolute Gasteiger partial charge is 0.438 e. The van der Waals surface area contributed by atoms with Gasteiger partial charge in [0, 0.05) is 6.42 Å². The van der Waals surface area contributed by atoms with Crippen LogP contribution < -0.4 is 5.73 Å². The molecular weight excluding hydrogens is 304 g/mol. The molecule has 1 amide bonds. The van der Waals surface area contributed by atoms with Gasteiger partial charge in [-0.1, -0.05) is 24.3 Å². The van der Waals surface area contributed by atoms with Crippen LogP contribution in [0.5, 0.6) is 0 Å². The minimum absolute atomic E-state index is 0.180. The van der Waals surface area contributed by atoms with Gasteiger partial charge in [0.2, 0.25) is 5.91 Å². The molecule has 6 nitrogen and oxygen atoms in total. The molecule has 0 aliphatic carbocycles. The van der Waals surface area contributed by atoms with Crippen LogP contribution in [0.4, 0.5) is 4.79 Å². The molecule has 1 fully saturated rings. The van der Waals surface area contributed by atoms with Gasteiger partial charge < -0.3 is 15.2 Å². The molecule has 2 aliphatic rings. The van der Waals surface area contributed by atoms with Gasteiger partial charge in [0.05, 0.1) is 13.2 Å². The van der Waals surface area contributed by atoms with Crippen molar-refractivity contribution in [2.24, 2.45) is 5.73 Å². The molecular formula is C15H18N2O4S. The fourth-order valence-electron chi connectivity index (χ4n) is 2.86. The van der Waals surface area contributed by atoms with Crippen LogP contribution >= 0.6 is 11.8 Å². The number of rotatable bonds is 1. The minimum Gasteiger partial charge on any atom is -0.438 e. The second-order valence-corrected chi connectivity index (χ2v) is 6.48. The number of carbonyl (C=O) groups is 2. The van der Waals surface area contributed by atoms with Crippen molar-refractivity contribution in [1.29, 1.82) is 0 Å². The van der Waals surface area contributed by atoms with Gasteiger partial charge in [-0.15, -0.1) is 11.8 Å². The number of hydrogen-bond acceptors (Lipinski definition) is 6. The maximum atomic E-state index is 12.6. The van der Waals surface area contributed by atoms with Crippen LogP contribution in [-0.4, -0.2) is 42.1 Å². The maximum absolute atomic E-state index is 12.6. The third-order valence-corrected chi connectivity index (χ3v) is 5.22. The van der Waals surface area contributed by atoms with E-state index in [9.17, 15) is 9.59 Å². The van der Waals surface area contributed by atoms with Gasteiger partial charge in [0.15, 0.2) is 6.23 Å². The fourth-order valence-corrected chi connectivity index (χ4v) is 4.28. The molecule has 0 bridgehead atoms. The predicted molar refractivity (Wildman–Crippen MR) is 82.1 cm³/mol. The van der Waals surface area contributed by atoms with Crippen LogP contribution in [0, 0.1) is 0 Å². The van der Waals surface area contributed by atoms with Crippen molar-refractivity contribution in [2.75, 3.05) is 12.9 Å². The Morgan fingerprint density at radius 3 is 2.95 bits per heavy atom. The van der Waals surface area contributed by atoms with Crippen molar-refractivity contribution in [1.82, 2.24) is 4.90 Å². The third-order valence-electron chi connectivity index (χ3n) is 3.95. The molecule has 3 rings (SSSR count). The summed E-state index contributed by atoms with van der Waals surface area (Å²) in [7, 11) is 1.25. The summed E-state index contributed by atoms with van der Waals surface area (Å²) in [5.41, 5.74) is 8.11. The largest absolute Gasteiger partial charge is 0.509 e. The van der Waals surface area contributed by atoms with Crippen LogP contribution in [0.25, 0.3) is 0 Å². The SMILES string of the molecule is COC(=O)O[C@@H]1Cc2ccccc2[C@@H]2SCC[C@H](N)C(=O)N12. The van der Waals surface area contributed by atoms with Gasteiger partial charge in [-0.05, 0) is 23.3 Å². The van der Waals surface area contributed by atoms with Gasteiger partial charge in [-0.25, -0.2) is 4.79 Å². The molecule has 2 aliphatic heterocycles. The van der Waals surface area contributed by atoms with E-state index in [0.717, 1.165) is 16.9 Å². The second-order valence-electron chi connectivity index (χ2n) is 5.29. The first kappa shape index (κ1) is 15.2. The lowest BCUT2D eigenvalue weighted by atomic mass is 9.97. The predicted octanol–water partition coefficient (Wildman–Crippen LogP) is 1.64. The zero-order valence-corrected chi connectivity index (χ0v) is 13.0. The van der Waals surface area contributed by atoms with Crippen molar-refractivity contribution in [3.05, 3.63) is 35.4 Å². The molecule has 2 N–H and O–H groups in total. The Bertz CT molecular complexity index is 595. The number of ether oxygens (including phenoxy) is 2. The van der Waals surface area contributed by atoms with E-state index in [1.54, 1.807) is 16.7 Å². The van der Waals surface area contributed by atoms with E-state index in [-0.39, 0.29) is 11.3 Å². The van der Waals surface area contributed by atoms with Crippen LogP contribution in [0.1, 0.15) is 22.9 Å². The van der Waals surface area contributed by atoms with Crippen molar-refractivity contribution in [3.8, 4) is 0 Å². The summed E-state index contributed by atoms with van der Waals surface area (Å²) in [6, 6.07) is 7.34. The number of nitrogens with zero attached hydrogens (tertiary/aromatic N) is 1. The Labute approximate surface area is 132 Å². The second kappa shape index (κ2) is 6.18. The zero-order chi connectivity index (χ0) is 15.7. The summed E-state index contributed by atoms with van der Waals surface area (Å²) in [6.45, 7) is 0. The molecule has 1 aromatic carbocycles. The van der Waals surface area contributed by atoms with E-state index >= 15 is 0 Å². The summed E-state index contributed by atoms with van der Waals surface area (Å²) in [4.78, 5) is 25.7. The number of benzene rings is 1. The van der Waals surface area contributed by atoms with E-state index in [1.807, 2.05) is 24.3 Å². The minimum atomic E-state index is -0.793. The molecule has 0 radical (unpaired) electrons. The molecule has 2 heterocycles. The zero-order valence-electron chi connectivity index (χ0n) is 12.2. The fraction of sp³-hybridized carbons (Fsp3) is 0.467. The number of hydrogen-bond donors (Lipinski definition) is 1. The number of thioether (sulfide) groups is 1. The first-order chi connectivity index (χ1) is 10.6. The topological polar surface area (TPSA) is 81.9 Å². The van der Waals surface area contributed by atoms with Gasteiger partial charge in [0.1, 0.15) is 5.37 Å². The Morgan fingerprint density at radius 2 is 2.18 bits per heavy atom. The van der Waals surface area contributed by atoms with Crippen LogP contribution in [0.3, 0.4) is 0 Å². The van der Waals surface area contributed by atoms with E-state index in [2.05, 4.69) is 4.74 Å². The van der Waals surface area contributed by atoms with E-state index < -0.39 is 18.4 Å². The summed E-state index contributed by atoms with van der Waals surface area (Å²) in [6.07, 6.45) is -0.417. The molecule has 0 saturated carbocycles. The van der Waals surface area contributed by atoms with Crippen molar-refractivity contribution in [2.45, 2.75) is 30.5 Å². The molecule has 1 saturated heterocycles. The van der Waals surface area contributed by atoms with Crippen LogP contribution in [0.2, 0.25) is 0 Å². The summed E-state index contributed by atoms with van der Waals surface area (Å²) in [5.74, 6) is 0.603. The third kappa shape index (κ3) is 2.66. The Kier molecular flexibility index (Phi) is 4.26. The Hall–Kier alpha value is -1.73. The Balaban J connectivity index is 2.00. The van der Waals surface area contributed by atoms with E-state index in [0.29, 0.717) is 12.8 Å². The molecule has 1 aromatic rings. The van der Waals surface area contributed by atoms with E-state index in [1.165, 1.54) is 7.11 Å². The molecule has 0 aromatic heterocycles. The number of carbonyl (C=O) groups excluding carboxylic acids is 2. The first-order valence-electron chi connectivity index (χ1n) is 7.13. The highest BCUT2D eigenvalue weighted by atomic mass is 32.2. The first-order valence-corrected chi connectivity index (χ1v) is 8.18. The van der Waals surface area contributed by atoms with E-state index in [4.69, 9.17) is 10.5 Å². The molecule has 7 heteroatoms. The monoisotopic (exact) mass is 322 g/mol. The summed E-state index contributed by atoms with van der Waals surface area (Å²) < 4.78 is 9.89. The lowest BCUT2D eigenvalue weighted by Crippen LogP contribution is -2.52. The van der Waals surface area contributed by atoms with Crippen molar-refractivity contribution < 1.29 is 19.1 Å². The Morgan fingerprint density at radius 1 is 1.41 bits per heavy atom. The summed E-state index contributed by atoms with van der Waals surface area (Å²) >= 11 is 1.65. The lowest BCUT2D eigenvalue weighted by molar-refractivity contribution is -0.146. The highest BCUT2D eigenvalue weighted by Gasteiger charge is 2.43. The molecule has 118 valence electrons. The van der Waals surface area contributed by atoms with Crippen molar-refractivity contribution in [3.63, 3.8) is 0 Å². The standard InChI is InChI=1S/C15H18N2O4S/c1-20-15(19)21-12-8-9-4-2-3-5-10(9)14-17(12)13(18)11(16)6-7-22-14/h2-5,11-12,14H,6-8,16H2,1H3/t11-,12+,14-/m0/s1. The van der Waals surface area contributed by atoms with Crippen LogP contribution in [-0.2, 0) is 20.7 Å². The molecule has 3 atom stereocenters. The number of amides is 1. The van der Waals surface area contributed by atoms with Gasteiger partial charge in [-0.3, -0.25) is 9.69 Å². The average Bonchev–Trinajstić information content (AvgIpc) is 2.67. The highest BCUT2D eigenvalue weighted by Crippen LogP contribution is 2.43. The summed E-state index contributed by atoms with van der Waals surface area (Å²) in [5, 5.41) is -0.180. The van der Waals surface area contributed by atoms with Crippen LogP contribution in [0.15, 0.2) is 24.3 Å². The molecule has 0 unspecified atom stereocenters. The lowest BCUT2D eigenvalue weighted by Gasteiger charge is -2.41. The van der Waals surface area contributed by atoms with Gasteiger partial charge in [-0.2, -0.15) is 0 Å². The normalized spacial score (nSPS) is 27.5. The number of methoxy groups -OCH3 is 1. The van der Waals surface area contributed by atoms with Gasteiger partial charge in [0.25, 0.3) is 0 Å². The quantitative estimate of drug-likeness (QED) is 0.792. The van der Waals surface area contributed by atoms with Gasteiger partial charge >= 0.3 is 6.16 Å². The van der Waals surface area contributed by atoms with Crippen molar-refractivity contribution >= 4 is 23.8 Å². The molecule has 0 spiro atoms. The average molecular weight is 322 g/mol.